The normalized spacial score (nSPS) is 17.7. The third-order valence-corrected chi connectivity index (χ3v) is 7.94. The second-order valence-corrected chi connectivity index (χ2v) is 11.2. The Kier molecular flexibility index (Phi) is 6.72. The van der Waals surface area contributed by atoms with Gasteiger partial charge in [0.15, 0.2) is 11.6 Å². The van der Waals surface area contributed by atoms with Crippen molar-refractivity contribution in [2.24, 2.45) is 0 Å². The van der Waals surface area contributed by atoms with Crippen molar-refractivity contribution < 1.29 is 14.6 Å². The van der Waals surface area contributed by atoms with Crippen LogP contribution in [0.5, 0.6) is 5.75 Å². The van der Waals surface area contributed by atoms with E-state index in [0.717, 1.165) is 28.7 Å². The molecule has 0 aliphatic carbocycles. The molecule has 2 N–H and O–H groups in total. The third-order valence-electron chi connectivity index (χ3n) is 7.94. The lowest BCUT2D eigenvalue weighted by atomic mass is 10.2. The molecule has 2 aliphatic heterocycles. The maximum atomic E-state index is 11.7. The van der Waals surface area contributed by atoms with Gasteiger partial charge in [0.2, 0.25) is 0 Å². The fraction of sp³-hybridized carbons (Fsp3) is 0.290. The van der Waals surface area contributed by atoms with Gasteiger partial charge < -0.3 is 25.0 Å². The van der Waals surface area contributed by atoms with Crippen molar-refractivity contribution in [1.82, 2.24) is 34.6 Å². The van der Waals surface area contributed by atoms with Crippen LogP contribution in [0.3, 0.4) is 0 Å². The summed E-state index contributed by atoms with van der Waals surface area (Å²) in [6.07, 6.45) is 4.81. The van der Waals surface area contributed by atoms with Crippen molar-refractivity contribution in [3.8, 4) is 11.6 Å². The number of benzene rings is 2. The Morgan fingerprint density at radius 2 is 1.88 bits per heavy atom. The highest BCUT2D eigenvalue weighted by Gasteiger charge is 2.46. The van der Waals surface area contributed by atoms with Crippen LogP contribution in [0.4, 0.5) is 22.2 Å². The van der Waals surface area contributed by atoms with E-state index in [1.165, 1.54) is 4.90 Å². The van der Waals surface area contributed by atoms with Gasteiger partial charge in [-0.25, -0.2) is 24.4 Å². The number of carbonyl (C=O) groups is 1. The summed E-state index contributed by atoms with van der Waals surface area (Å²) >= 11 is 0. The van der Waals surface area contributed by atoms with Gasteiger partial charge in [-0.3, -0.25) is 4.98 Å². The van der Waals surface area contributed by atoms with Crippen LogP contribution >= 0.6 is 0 Å². The number of amides is 1. The number of piperazine rings is 1. The molecule has 7 rings (SSSR count). The Morgan fingerprint density at radius 1 is 1.05 bits per heavy atom. The second-order valence-electron chi connectivity index (χ2n) is 11.2. The van der Waals surface area contributed by atoms with Crippen molar-refractivity contribution in [3.05, 3.63) is 84.6 Å². The number of hydrogen-bond donors (Lipinski definition) is 2. The number of ether oxygens (including phenoxy) is 1. The number of nitrogens with one attached hydrogen (secondary N) is 1. The molecule has 2 fully saturated rings. The number of fused-ring (bicyclic) bond motifs is 3. The lowest BCUT2D eigenvalue weighted by Gasteiger charge is -2.33. The zero-order valence-electron chi connectivity index (χ0n) is 23.8. The molecule has 5 aromatic rings. The van der Waals surface area contributed by atoms with Crippen LogP contribution in [0.25, 0.3) is 16.7 Å². The topological polar surface area (TPSA) is 134 Å². The molecule has 2 saturated heterocycles. The van der Waals surface area contributed by atoms with Crippen LogP contribution in [0, 0.1) is 0 Å². The summed E-state index contributed by atoms with van der Waals surface area (Å²) in [5.74, 6) is 4.02. The number of likely N-dealkylation sites (tertiary alicyclic amines) is 1. The maximum absolute atomic E-state index is 11.7. The number of hydrogen-bond acceptors (Lipinski definition) is 9. The van der Waals surface area contributed by atoms with E-state index in [1.807, 2.05) is 54.6 Å². The van der Waals surface area contributed by atoms with Crippen molar-refractivity contribution in [1.29, 1.82) is 0 Å². The molecule has 3 aromatic heterocycles. The fourth-order valence-corrected chi connectivity index (χ4v) is 5.81. The second kappa shape index (κ2) is 10.9. The molecule has 2 bridgehead atoms. The Hall–Kier alpha value is -5.26. The minimum absolute atomic E-state index is 0.0407. The number of carboxylic acid groups (broad SMARTS) is 1. The van der Waals surface area contributed by atoms with E-state index in [9.17, 15) is 9.90 Å². The molecule has 12 heteroatoms. The highest BCUT2D eigenvalue weighted by atomic mass is 16.5. The highest BCUT2D eigenvalue weighted by Crippen LogP contribution is 2.36. The maximum Gasteiger partial charge on any atom is 0.407 e. The first kappa shape index (κ1) is 26.6. The van der Waals surface area contributed by atoms with E-state index in [0.29, 0.717) is 48.7 Å². The first-order valence-corrected chi connectivity index (χ1v) is 14.3. The van der Waals surface area contributed by atoms with Crippen LogP contribution in [-0.4, -0.2) is 71.0 Å². The molecule has 0 spiro atoms. The Balaban J connectivity index is 1.30. The molecule has 12 nitrogen and oxygen atoms in total. The molecule has 43 heavy (non-hydrogen) atoms. The zero-order chi connectivity index (χ0) is 29.5. The van der Waals surface area contributed by atoms with Gasteiger partial charge in [0.25, 0.3) is 0 Å². The Labute approximate surface area is 248 Å². The van der Waals surface area contributed by atoms with Gasteiger partial charge >= 0.3 is 6.09 Å². The SMILES string of the molecule is CC(C)c1nc(N2C[C@@H]3C[C@H]2CN3C(=O)O)cc(-n2nc(Nc3cnccn3)c3ccc(OCc4ccccc4)cc32)n1. The lowest BCUT2D eigenvalue weighted by Crippen LogP contribution is -2.48. The zero-order valence-corrected chi connectivity index (χ0v) is 23.8. The van der Waals surface area contributed by atoms with Gasteiger partial charge in [-0.15, -0.1) is 5.10 Å². The summed E-state index contributed by atoms with van der Waals surface area (Å²) in [5, 5.41) is 18.7. The van der Waals surface area contributed by atoms with Crippen molar-refractivity contribution in [2.75, 3.05) is 23.3 Å². The summed E-state index contributed by atoms with van der Waals surface area (Å²) in [6, 6.07) is 17.9. The van der Waals surface area contributed by atoms with Gasteiger partial charge in [-0.1, -0.05) is 44.2 Å². The first-order chi connectivity index (χ1) is 20.9. The van der Waals surface area contributed by atoms with E-state index in [2.05, 4.69) is 34.0 Å². The molecule has 0 saturated carbocycles. The Bertz CT molecular complexity index is 1780. The van der Waals surface area contributed by atoms with E-state index in [1.54, 1.807) is 23.3 Å². The molecular weight excluding hydrogens is 546 g/mol. The predicted octanol–water partition coefficient (Wildman–Crippen LogP) is 4.99. The fourth-order valence-electron chi connectivity index (χ4n) is 5.81. The quantitative estimate of drug-likeness (QED) is 0.260. The average molecular weight is 578 g/mol. The standard InChI is InChI=1S/C31H31N9O3/c1-19(2)29-35-27(38-16-22-12-21(38)17-39(22)31(41)42)14-28(36-29)40-25-13-23(43-18-20-6-4-3-5-7-20)8-9-24(25)30(37-40)34-26-15-32-10-11-33-26/h3-11,13-15,19,21-22H,12,16-18H2,1-2H3,(H,41,42)(H,33,34,37)/t21-,22-/m0/s1. The van der Waals surface area contributed by atoms with Gasteiger partial charge in [0.1, 0.15) is 29.8 Å². The summed E-state index contributed by atoms with van der Waals surface area (Å²) in [5.41, 5.74) is 1.88. The van der Waals surface area contributed by atoms with Gasteiger partial charge in [0, 0.05) is 48.9 Å². The van der Waals surface area contributed by atoms with E-state index >= 15 is 0 Å². The molecule has 1 amide bonds. The molecular formula is C31H31N9O3. The van der Waals surface area contributed by atoms with Crippen LogP contribution in [0.1, 0.15) is 37.6 Å². The van der Waals surface area contributed by atoms with Crippen LogP contribution in [0.15, 0.2) is 73.2 Å². The average Bonchev–Trinajstić information content (AvgIpc) is 3.74. The van der Waals surface area contributed by atoms with Crippen molar-refractivity contribution >= 4 is 34.4 Å². The summed E-state index contributed by atoms with van der Waals surface area (Å²) in [7, 11) is 0. The highest BCUT2D eigenvalue weighted by molar-refractivity contribution is 5.93. The Morgan fingerprint density at radius 3 is 2.60 bits per heavy atom. The largest absolute Gasteiger partial charge is 0.489 e. The molecule has 5 heterocycles. The van der Waals surface area contributed by atoms with Gasteiger partial charge in [-0.05, 0) is 24.1 Å². The van der Waals surface area contributed by atoms with Crippen molar-refractivity contribution in [3.63, 3.8) is 0 Å². The number of nitrogens with zero attached hydrogens (tertiary/aromatic N) is 8. The molecule has 2 atom stereocenters. The van der Waals surface area contributed by atoms with Crippen LogP contribution in [0.2, 0.25) is 0 Å². The van der Waals surface area contributed by atoms with E-state index in [-0.39, 0.29) is 18.0 Å². The van der Waals surface area contributed by atoms with Crippen LogP contribution < -0.4 is 15.0 Å². The van der Waals surface area contributed by atoms with Gasteiger partial charge in [0.05, 0.1) is 23.8 Å². The molecule has 218 valence electrons. The number of rotatable bonds is 8. The number of anilines is 3. The summed E-state index contributed by atoms with van der Waals surface area (Å²) in [4.78, 5) is 33.8. The summed E-state index contributed by atoms with van der Waals surface area (Å²) in [6.45, 7) is 5.62. The minimum Gasteiger partial charge on any atom is -0.489 e. The minimum atomic E-state index is -0.866. The smallest absolute Gasteiger partial charge is 0.407 e. The molecule has 0 radical (unpaired) electrons. The predicted molar refractivity (Wildman–Crippen MR) is 161 cm³/mol. The van der Waals surface area contributed by atoms with Gasteiger partial charge in [-0.2, -0.15) is 0 Å². The number of aromatic nitrogens is 6. The monoisotopic (exact) mass is 577 g/mol. The van der Waals surface area contributed by atoms with E-state index < -0.39 is 6.09 Å². The van der Waals surface area contributed by atoms with E-state index in [4.69, 9.17) is 19.8 Å². The van der Waals surface area contributed by atoms with Crippen molar-refractivity contribution in [2.45, 2.75) is 44.9 Å². The first-order valence-electron chi connectivity index (χ1n) is 14.3. The molecule has 0 unspecified atom stereocenters. The molecule has 2 aliphatic rings. The van der Waals surface area contributed by atoms with Crippen LogP contribution in [-0.2, 0) is 6.61 Å². The lowest BCUT2D eigenvalue weighted by molar-refractivity contribution is 0.137. The third kappa shape index (κ3) is 5.16. The molecule has 2 aromatic carbocycles. The summed E-state index contributed by atoms with van der Waals surface area (Å²) < 4.78 is 7.97.